The number of hydrogen-bond donors (Lipinski definition) is 1. The molecule has 0 aliphatic rings. The maximum Gasteiger partial charge on any atom is 0.146 e. The number of hydrogen-bond acceptors (Lipinski definition) is 5. The predicted octanol–water partition coefficient (Wildman–Crippen LogP) is 4.00. The smallest absolute Gasteiger partial charge is 0.146 e. The molecular formula is C20H24N2O3. The van der Waals surface area contributed by atoms with Gasteiger partial charge >= 0.3 is 0 Å². The number of aromatic nitrogens is 1. The fraction of sp³-hybridized carbons (Fsp3) is 0.400. The molecule has 1 heterocycles. The summed E-state index contributed by atoms with van der Waals surface area (Å²) in [5.74, 6) is 0.484. The van der Waals surface area contributed by atoms with E-state index >= 15 is 0 Å². The Bertz CT molecular complexity index is 771. The van der Waals surface area contributed by atoms with Crippen LogP contribution in [0.2, 0.25) is 0 Å². The molecule has 132 valence electrons. The summed E-state index contributed by atoms with van der Waals surface area (Å²) in [6.07, 6.45) is 4.22. The lowest BCUT2D eigenvalue weighted by atomic mass is 9.87. The Morgan fingerprint density at radius 2 is 2.20 bits per heavy atom. The van der Waals surface area contributed by atoms with Gasteiger partial charge in [0, 0.05) is 36.1 Å². The Labute approximate surface area is 147 Å². The zero-order chi connectivity index (χ0) is 18.2. The molecule has 1 aromatic carbocycles. The molecule has 0 aliphatic carbocycles. The summed E-state index contributed by atoms with van der Waals surface area (Å²) < 4.78 is 5.56. The fourth-order valence-corrected chi connectivity index (χ4v) is 3.03. The third-order valence-corrected chi connectivity index (χ3v) is 4.19. The number of benzene rings is 1. The lowest BCUT2D eigenvalue weighted by molar-refractivity contribution is -0.120. The minimum absolute atomic E-state index is 0.157. The Balaban J connectivity index is 2.48. The number of carbonyl (C=O) groups excluding carboxylic acids is 2. The van der Waals surface area contributed by atoms with Crippen molar-refractivity contribution in [2.45, 2.75) is 45.4 Å². The molecule has 0 spiro atoms. The fourth-order valence-electron chi connectivity index (χ4n) is 3.03. The molecule has 5 heteroatoms. The van der Waals surface area contributed by atoms with E-state index in [4.69, 9.17) is 10.1 Å². The van der Waals surface area contributed by atoms with Crippen LogP contribution >= 0.6 is 0 Å². The van der Waals surface area contributed by atoms with E-state index in [1.54, 1.807) is 0 Å². The van der Waals surface area contributed by atoms with Crippen LogP contribution in [0.3, 0.4) is 0 Å². The summed E-state index contributed by atoms with van der Waals surface area (Å²) in [6.45, 7) is 4.06. The van der Waals surface area contributed by atoms with E-state index in [-0.39, 0.29) is 18.3 Å². The second-order valence-electron chi connectivity index (χ2n) is 6.02. The zero-order valence-electron chi connectivity index (χ0n) is 14.7. The lowest BCUT2D eigenvalue weighted by Gasteiger charge is -2.18. The van der Waals surface area contributed by atoms with Crippen molar-refractivity contribution in [1.29, 1.82) is 5.41 Å². The predicted molar refractivity (Wildman–Crippen MR) is 98.7 cm³/mol. The van der Waals surface area contributed by atoms with Gasteiger partial charge in [0.25, 0.3) is 0 Å². The molecular weight excluding hydrogens is 316 g/mol. The Kier molecular flexibility index (Phi) is 6.81. The first-order valence-electron chi connectivity index (χ1n) is 8.60. The normalized spacial score (nSPS) is 11.9. The highest BCUT2D eigenvalue weighted by molar-refractivity contribution is 5.90. The van der Waals surface area contributed by atoms with Crippen LogP contribution in [0.5, 0.6) is 5.75 Å². The molecule has 1 atom stereocenters. The summed E-state index contributed by atoms with van der Waals surface area (Å²) in [6, 6.07) is 7.61. The van der Waals surface area contributed by atoms with Gasteiger partial charge in [-0.05, 0) is 37.5 Å². The molecule has 5 nitrogen and oxygen atoms in total. The third kappa shape index (κ3) is 4.50. The molecule has 0 fully saturated rings. The highest BCUT2D eigenvalue weighted by Gasteiger charge is 2.22. The minimum Gasteiger partial charge on any atom is -0.486 e. The van der Waals surface area contributed by atoms with Gasteiger partial charge in [0.2, 0.25) is 0 Å². The van der Waals surface area contributed by atoms with Gasteiger partial charge < -0.3 is 14.9 Å². The maximum atomic E-state index is 12.6. The molecule has 0 saturated carbocycles. The number of aldehydes is 1. The van der Waals surface area contributed by atoms with Gasteiger partial charge in [0.05, 0.1) is 0 Å². The highest BCUT2D eigenvalue weighted by atomic mass is 16.5. The number of ether oxygens (including phenoxy) is 1. The van der Waals surface area contributed by atoms with Crippen molar-refractivity contribution >= 4 is 29.2 Å². The van der Waals surface area contributed by atoms with E-state index in [2.05, 4.69) is 4.98 Å². The summed E-state index contributed by atoms with van der Waals surface area (Å²) >= 11 is 0. The zero-order valence-corrected chi connectivity index (χ0v) is 14.7. The molecule has 2 rings (SSSR count). The molecule has 1 N–H and O–H groups in total. The molecule has 0 amide bonds. The second kappa shape index (κ2) is 9.06. The van der Waals surface area contributed by atoms with Crippen LogP contribution in [0.4, 0.5) is 0 Å². The van der Waals surface area contributed by atoms with Crippen molar-refractivity contribution in [3.63, 3.8) is 0 Å². The molecule has 0 aliphatic heterocycles. The Morgan fingerprint density at radius 1 is 1.40 bits per heavy atom. The number of fused-ring (bicyclic) bond motifs is 1. The first-order chi connectivity index (χ1) is 12.1. The van der Waals surface area contributed by atoms with Crippen LogP contribution in [-0.2, 0) is 9.59 Å². The highest BCUT2D eigenvalue weighted by Crippen LogP contribution is 2.31. The number of para-hydroxylation sites is 1. The van der Waals surface area contributed by atoms with Crippen LogP contribution in [0.25, 0.3) is 10.9 Å². The van der Waals surface area contributed by atoms with Crippen LogP contribution in [-0.4, -0.2) is 29.9 Å². The number of aryl methyl sites for hydroxylation is 1. The number of Topliss-reactive ketones (excluding diaryl/α,β-unsaturated/α-hetero) is 1. The topological polar surface area (TPSA) is 80.1 Å². The van der Waals surface area contributed by atoms with E-state index in [0.717, 1.165) is 34.9 Å². The first kappa shape index (κ1) is 18.8. The van der Waals surface area contributed by atoms with Crippen molar-refractivity contribution in [2.24, 2.45) is 0 Å². The van der Waals surface area contributed by atoms with E-state index < -0.39 is 0 Å². The van der Waals surface area contributed by atoms with Gasteiger partial charge in [-0.3, -0.25) is 4.79 Å². The number of nitrogens with one attached hydrogen (secondary N) is 1. The lowest BCUT2D eigenvalue weighted by Crippen LogP contribution is -2.15. The second-order valence-corrected chi connectivity index (χ2v) is 6.02. The number of nitrogens with zero attached hydrogens (tertiary/aromatic N) is 1. The summed E-state index contributed by atoms with van der Waals surface area (Å²) in [7, 11) is 0. The van der Waals surface area contributed by atoms with Crippen molar-refractivity contribution in [3.8, 4) is 5.75 Å². The minimum atomic E-state index is -0.298. The third-order valence-electron chi connectivity index (χ3n) is 4.19. The number of carbonyl (C=O) groups is 2. The monoisotopic (exact) mass is 340 g/mol. The van der Waals surface area contributed by atoms with Gasteiger partial charge in [-0.25, -0.2) is 4.98 Å². The van der Waals surface area contributed by atoms with E-state index in [9.17, 15) is 9.59 Å². The molecule has 0 bridgehead atoms. The van der Waals surface area contributed by atoms with Crippen molar-refractivity contribution < 1.29 is 14.3 Å². The summed E-state index contributed by atoms with van der Waals surface area (Å²) in [4.78, 5) is 28.0. The summed E-state index contributed by atoms with van der Waals surface area (Å²) in [5, 5.41) is 8.00. The van der Waals surface area contributed by atoms with E-state index in [0.29, 0.717) is 25.0 Å². The number of ketones is 1. The molecule has 1 aromatic heterocycles. The summed E-state index contributed by atoms with van der Waals surface area (Å²) in [5.41, 5.74) is 2.39. The van der Waals surface area contributed by atoms with Crippen LogP contribution < -0.4 is 4.74 Å². The quantitative estimate of drug-likeness (QED) is 0.523. The van der Waals surface area contributed by atoms with Crippen molar-refractivity contribution in [3.05, 3.63) is 35.5 Å². The van der Waals surface area contributed by atoms with Gasteiger partial charge in [-0.15, -0.1) is 0 Å². The Hall–Kier alpha value is -2.56. The SMILES string of the molecule is CCCC(=O)C(CCC=O)c1cc2cccc(OCC=N)c2nc1C. The van der Waals surface area contributed by atoms with Crippen molar-refractivity contribution in [1.82, 2.24) is 4.98 Å². The average molecular weight is 340 g/mol. The van der Waals surface area contributed by atoms with Gasteiger partial charge in [-0.2, -0.15) is 0 Å². The van der Waals surface area contributed by atoms with Gasteiger partial charge in [0.1, 0.15) is 29.9 Å². The molecule has 0 radical (unpaired) electrons. The number of rotatable bonds is 10. The van der Waals surface area contributed by atoms with Crippen LogP contribution in [0.15, 0.2) is 24.3 Å². The van der Waals surface area contributed by atoms with E-state index in [1.807, 2.05) is 38.1 Å². The van der Waals surface area contributed by atoms with Gasteiger partial charge in [0.15, 0.2) is 0 Å². The maximum absolute atomic E-state index is 12.6. The Morgan fingerprint density at radius 3 is 2.88 bits per heavy atom. The standard InChI is InChI=1S/C20H24N2O3/c1-3-6-18(24)16(8-5-11-23)17-13-15-7-4-9-19(25-12-10-21)20(15)22-14(17)2/h4,7,9-11,13,16,21H,3,5-6,8,12H2,1-2H3. The van der Waals surface area contributed by atoms with Gasteiger partial charge in [-0.1, -0.05) is 19.1 Å². The molecule has 1 unspecified atom stereocenters. The average Bonchev–Trinajstić information content (AvgIpc) is 2.61. The number of pyridine rings is 1. The molecule has 25 heavy (non-hydrogen) atoms. The van der Waals surface area contributed by atoms with E-state index in [1.165, 1.54) is 6.21 Å². The molecule has 2 aromatic rings. The largest absolute Gasteiger partial charge is 0.486 e. The van der Waals surface area contributed by atoms with Crippen LogP contribution in [0.1, 0.15) is 49.8 Å². The van der Waals surface area contributed by atoms with Crippen LogP contribution in [0, 0.1) is 12.3 Å². The molecule has 0 saturated heterocycles. The van der Waals surface area contributed by atoms with Crippen molar-refractivity contribution in [2.75, 3.05) is 6.61 Å². The first-order valence-corrected chi connectivity index (χ1v) is 8.60.